The number of thiophene rings is 1. The van der Waals surface area contributed by atoms with Crippen LogP contribution < -0.4 is 5.73 Å². The van der Waals surface area contributed by atoms with Crippen molar-refractivity contribution in [3.8, 4) is 0 Å². The Hall–Kier alpha value is -0.100. The van der Waals surface area contributed by atoms with E-state index in [-0.39, 0.29) is 24.4 Å². The molecule has 3 nitrogen and oxygen atoms in total. The number of halogens is 2. The standard InChI is InChI=1S/C9H13BrN2OS.ClH/c1-6(4-11)12(2)9(13)8-3-7(10)5-14-8;/h3,5-6H,4,11H2,1-2H3;1H. The van der Waals surface area contributed by atoms with Gasteiger partial charge in [0, 0.05) is 29.5 Å². The fraction of sp³-hybridized carbons (Fsp3) is 0.444. The second-order valence-corrected chi connectivity index (χ2v) is 4.96. The molecule has 1 aromatic heterocycles. The summed E-state index contributed by atoms with van der Waals surface area (Å²) in [5.74, 6) is 0.0265. The van der Waals surface area contributed by atoms with Gasteiger partial charge in [0.05, 0.1) is 4.88 Å². The third-order valence-corrected chi connectivity index (χ3v) is 3.78. The Morgan fingerprint density at radius 1 is 1.73 bits per heavy atom. The SMILES string of the molecule is CC(CN)N(C)C(=O)c1cc(Br)cs1.Cl. The first-order valence-electron chi connectivity index (χ1n) is 4.27. The second kappa shape index (κ2) is 6.48. The number of carbonyl (C=O) groups is 1. The van der Waals surface area contributed by atoms with Crippen LogP contribution in [0.25, 0.3) is 0 Å². The van der Waals surface area contributed by atoms with Gasteiger partial charge in [-0.25, -0.2) is 0 Å². The maximum absolute atomic E-state index is 11.8. The minimum atomic E-state index is 0. The van der Waals surface area contributed by atoms with E-state index in [2.05, 4.69) is 15.9 Å². The summed E-state index contributed by atoms with van der Waals surface area (Å²) < 4.78 is 0.944. The Labute approximate surface area is 108 Å². The molecule has 0 aliphatic heterocycles. The van der Waals surface area contributed by atoms with Gasteiger partial charge in [0.2, 0.25) is 0 Å². The van der Waals surface area contributed by atoms with Crippen LogP contribution in [0, 0.1) is 0 Å². The molecular weight excluding hydrogens is 300 g/mol. The minimum absolute atomic E-state index is 0. The van der Waals surface area contributed by atoms with Crippen molar-refractivity contribution in [3.05, 3.63) is 20.8 Å². The molecule has 0 saturated carbocycles. The first-order valence-corrected chi connectivity index (χ1v) is 5.94. The monoisotopic (exact) mass is 312 g/mol. The lowest BCUT2D eigenvalue weighted by atomic mass is 10.3. The molecule has 0 bridgehead atoms. The third kappa shape index (κ3) is 3.75. The molecule has 0 aliphatic carbocycles. The van der Waals surface area contributed by atoms with Crippen LogP contribution in [0.2, 0.25) is 0 Å². The van der Waals surface area contributed by atoms with Crippen molar-refractivity contribution in [1.82, 2.24) is 4.90 Å². The molecule has 0 radical (unpaired) electrons. The van der Waals surface area contributed by atoms with E-state index in [1.54, 1.807) is 11.9 Å². The van der Waals surface area contributed by atoms with Crippen LogP contribution in [0.15, 0.2) is 15.9 Å². The van der Waals surface area contributed by atoms with Gasteiger partial charge in [-0.05, 0) is 28.9 Å². The number of amides is 1. The lowest BCUT2D eigenvalue weighted by Gasteiger charge is -2.22. The van der Waals surface area contributed by atoms with Crippen LogP contribution in [0.5, 0.6) is 0 Å². The highest BCUT2D eigenvalue weighted by atomic mass is 79.9. The molecular formula is C9H14BrClN2OS. The molecule has 86 valence electrons. The third-order valence-electron chi connectivity index (χ3n) is 2.10. The Bertz CT molecular complexity index is 332. The molecule has 1 rings (SSSR count). The van der Waals surface area contributed by atoms with Crippen LogP contribution in [-0.2, 0) is 0 Å². The quantitative estimate of drug-likeness (QED) is 0.931. The first kappa shape index (κ1) is 14.9. The second-order valence-electron chi connectivity index (χ2n) is 3.13. The van der Waals surface area contributed by atoms with Crippen molar-refractivity contribution in [2.24, 2.45) is 5.73 Å². The molecule has 15 heavy (non-hydrogen) atoms. The molecule has 0 spiro atoms. The lowest BCUT2D eigenvalue weighted by Crippen LogP contribution is -2.39. The minimum Gasteiger partial charge on any atom is -0.337 e. The average molecular weight is 314 g/mol. The number of hydrogen-bond acceptors (Lipinski definition) is 3. The van der Waals surface area contributed by atoms with Crippen LogP contribution in [0.1, 0.15) is 16.6 Å². The number of nitrogens with two attached hydrogens (primary N) is 1. The van der Waals surface area contributed by atoms with Gasteiger partial charge in [-0.2, -0.15) is 0 Å². The van der Waals surface area contributed by atoms with Crippen molar-refractivity contribution in [3.63, 3.8) is 0 Å². The predicted octanol–water partition coefficient (Wildman–Crippen LogP) is 2.35. The summed E-state index contributed by atoms with van der Waals surface area (Å²) in [7, 11) is 1.77. The van der Waals surface area contributed by atoms with E-state index in [0.29, 0.717) is 6.54 Å². The van der Waals surface area contributed by atoms with Crippen molar-refractivity contribution in [1.29, 1.82) is 0 Å². The largest absolute Gasteiger partial charge is 0.337 e. The highest BCUT2D eigenvalue weighted by molar-refractivity contribution is 9.10. The highest BCUT2D eigenvalue weighted by Crippen LogP contribution is 2.21. The number of nitrogens with zero attached hydrogens (tertiary/aromatic N) is 1. The van der Waals surface area contributed by atoms with Crippen molar-refractivity contribution in [2.45, 2.75) is 13.0 Å². The maximum Gasteiger partial charge on any atom is 0.263 e. The number of likely N-dealkylation sites (N-methyl/N-ethyl adjacent to an activating group) is 1. The topological polar surface area (TPSA) is 46.3 Å². The Kier molecular flexibility index (Phi) is 6.43. The molecule has 2 N–H and O–H groups in total. The molecule has 0 aromatic carbocycles. The number of carbonyl (C=O) groups excluding carboxylic acids is 1. The van der Waals surface area contributed by atoms with E-state index in [4.69, 9.17) is 5.73 Å². The molecule has 1 unspecified atom stereocenters. The maximum atomic E-state index is 11.8. The van der Waals surface area contributed by atoms with Gasteiger partial charge >= 0.3 is 0 Å². The van der Waals surface area contributed by atoms with Gasteiger partial charge in [-0.1, -0.05) is 0 Å². The first-order chi connectivity index (χ1) is 6.56. The van der Waals surface area contributed by atoms with Gasteiger partial charge in [0.15, 0.2) is 0 Å². The van der Waals surface area contributed by atoms with Crippen LogP contribution in [0.4, 0.5) is 0 Å². The van der Waals surface area contributed by atoms with E-state index in [1.807, 2.05) is 18.4 Å². The zero-order valence-electron chi connectivity index (χ0n) is 8.57. The van der Waals surface area contributed by atoms with E-state index in [9.17, 15) is 4.79 Å². The molecule has 1 aromatic rings. The normalized spacial score (nSPS) is 11.7. The summed E-state index contributed by atoms with van der Waals surface area (Å²) in [5, 5.41) is 1.90. The summed E-state index contributed by atoms with van der Waals surface area (Å²) in [6.45, 7) is 2.41. The van der Waals surface area contributed by atoms with Gasteiger partial charge < -0.3 is 10.6 Å². The van der Waals surface area contributed by atoms with Crippen molar-refractivity contribution < 1.29 is 4.79 Å². The van der Waals surface area contributed by atoms with E-state index < -0.39 is 0 Å². The molecule has 1 amide bonds. The number of rotatable bonds is 3. The summed E-state index contributed by atoms with van der Waals surface area (Å²) in [6, 6.07) is 1.90. The summed E-state index contributed by atoms with van der Waals surface area (Å²) in [4.78, 5) is 14.2. The van der Waals surface area contributed by atoms with Crippen LogP contribution >= 0.6 is 39.7 Å². The van der Waals surface area contributed by atoms with Crippen molar-refractivity contribution in [2.75, 3.05) is 13.6 Å². The van der Waals surface area contributed by atoms with Crippen LogP contribution in [-0.4, -0.2) is 30.4 Å². The Morgan fingerprint density at radius 2 is 2.33 bits per heavy atom. The fourth-order valence-electron chi connectivity index (χ4n) is 0.957. The Morgan fingerprint density at radius 3 is 2.73 bits per heavy atom. The molecule has 0 saturated heterocycles. The fourth-order valence-corrected chi connectivity index (χ4v) is 2.37. The molecule has 6 heteroatoms. The summed E-state index contributed by atoms with van der Waals surface area (Å²) >= 11 is 4.75. The zero-order valence-corrected chi connectivity index (χ0v) is 11.8. The summed E-state index contributed by atoms with van der Waals surface area (Å²) in [6.07, 6.45) is 0. The molecule has 1 heterocycles. The predicted molar refractivity (Wildman–Crippen MR) is 69.9 cm³/mol. The average Bonchev–Trinajstić information content (AvgIpc) is 2.61. The Balaban J connectivity index is 0.00000196. The van der Waals surface area contributed by atoms with Gasteiger partial charge in [-0.3, -0.25) is 4.79 Å². The van der Waals surface area contributed by atoms with Gasteiger partial charge in [0.25, 0.3) is 5.91 Å². The summed E-state index contributed by atoms with van der Waals surface area (Å²) in [5.41, 5.74) is 5.49. The smallest absolute Gasteiger partial charge is 0.263 e. The molecule has 0 aliphatic rings. The lowest BCUT2D eigenvalue weighted by molar-refractivity contribution is 0.0753. The van der Waals surface area contributed by atoms with Crippen LogP contribution in [0.3, 0.4) is 0 Å². The number of hydrogen-bond donors (Lipinski definition) is 1. The van der Waals surface area contributed by atoms with E-state index in [0.717, 1.165) is 9.35 Å². The van der Waals surface area contributed by atoms with Gasteiger partial charge in [0.1, 0.15) is 0 Å². The van der Waals surface area contributed by atoms with E-state index in [1.165, 1.54) is 11.3 Å². The molecule has 0 fully saturated rings. The van der Waals surface area contributed by atoms with E-state index >= 15 is 0 Å². The zero-order chi connectivity index (χ0) is 10.7. The van der Waals surface area contributed by atoms with Crippen molar-refractivity contribution >= 4 is 45.6 Å². The molecule has 1 atom stereocenters. The van der Waals surface area contributed by atoms with Gasteiger partial charge in [-0.15, -0.1) is 23.7 Å². The highest BCUT2D eigenvalue weighted by Gasteiger charge is 2.17.